The van der Waals surface area contributed by atoms with Gasteiger partial charge in [0.1, 0.15) is 5.82 Å². The van der Waals surface area contributed by atoms with Gasteiger partial charge in [0.25, 0.3) is 0 Å². The summed E-state index contributed by atoms with van der Waals surface area (Å²) in [5, 5.41) is 0. The molecule has 0 saturated heterocycles. The van der Waals surface area contributed by atoms with Crippen molar-refractivity contribution < 1.29 is 30.7 Å². The summed E-state index contributed by atoms with van der Waals surface area (Å²) in [5.74, 6) is -1.65. The largest absolute Gasteiger partial charge is 0.407 e. The van der Waals surface area contributed by atoms with Crippen LogP contribution in [0.3, 0.4) is 0 Å². The van der Waals surface area contributed by atoms with Crippen LogP contribution in [0, 0.1) is 5.82 Å². The zero-order chi connectivity index (χ0) is 16.6. The van der Waals surface area contributed by atoms with Gasteiger partial charge in [-0.25, -0.2) is 4.39 Å². The molecule has 0 N–H and O–H groups in total. The fourth-order valence-corrected chi connectivity index (χ4v) is 1.95. The van der Waals surface area contributed by atoms with Gasteiger partial charge in [0.05, 0.1) is 0 Å². The third-order valence-electron chi connectivity index (χ3n) is 3.85. The topological polar surface area (TPSA) is 0 Å². The van der Waals surface area contributed by atoms with Gasteiger partial charge in [-0.15, -0.1) is 0 Å². The Labute approximate surface area is 118 Å². The van der Waals surface area contributed by atoms with Crippen LogP contribution in [0.2, 0.25) is 0 Å². The fraction of sp³-hybridized carbons (Fsp3) is 0.571. The van der Waals surface area contributed by atoms with Gasteiger partial charge in [0, 0.05) is 5.56 Å². The van der Waals surface area contributed by atoms with Crippen molar-refractivity contribution in [2.75, 3.05) is 0 Å². The molecule has 0 saturated carbocycles. The molecule has 0 nitrogen and oxygen atoms in total. The number of halogens is 7. The normalized spacial score (nSPS) is 15.1. The molecule has 1 rings (SSSR count). The highest BCUT2D eigenvalue weighted by Gasteiger charge is 2.69. The van der Waals surface area contributed by atoms with Crippen molar-refractivity contribution in [3.63, 3.8) is 0 Å². The number of hydrogen-bond acceptors (Lipinski definition) is 0. The Morgan fingerprint density at radius 3 is 1.81 bits per heavy atom. The Hall–Kier alpha value is -1.27. The summed E-state index contributed by atoms with van der Waals surface area (Å²) in [6, 6.07) is 2.44. The van der Waals surface area contributed by atoms with E-state index < -0.39 is 29.1 Å². The predicted octanol–water partition coefficient (Wildman–Crippen LogP) is 5.72. The van der Waals surface area contributed by atoms with E-state index >= 15 is 0 Å². The first-order chi connectivity index (χ1) is 9.36. The molecule has 0 aromatic heterocycles. The first kappa shape index (κ1) is 17.8. The Bertz CT molecular complexity index is 485. The Morgan fingerprint density at radius 2 is 1.48 bits per heavy atom. The van der Waals surface area contributed by atoms with E-state index in [2.05, 4.69) is 0 Å². The Kier molecular flexibility index (Phi) is 4.65. The SMILES string of the molecule is CCC(C)c1ccc(C(C)(C(F)(F)F)C(F)(F)F)c(F)c1. The zero-order valence-corrected chi connectivity index (χ0v) is 11.7. The van der Waals surface area contributed by atoms with E-state index in [1.54, 1.807) is 13.8 Å². The lowest BCUT2D eigenvalue weighted by molar-refractivity contribution is -0.298. The molecule has 21 heavy (non-hydrogen) atoms. The first-order valence-corrected chi connectivity index (χ1v) is 6.29. The van der Waals surface area contributed by atoms with E-state index in [4.69, 9.17) is 0 Å². The van der Waals surface area contributed by atoms with E-state index in [0.717, 1.165) is 12.1 Å². The van der Waals surface area contributed by atoms with Crippen molar-refractivity contribution in [2.45, 2.75) is 50.9 Å². The molecule has 0 aliphatic rings. The second-order valence-electron chi connectivity index (χ2n) is 5.17. The maximum absolute atomic E-state index is 13.9. The molecule has 0 aliphatic carbocycles. The molecule has 0 fully saturated rings. The van der Waals surface area contributed by atoms with Gasteiger partial charge in [-0.3, -0.25) is 0 Å². The smallest absolute Gasteiger partial charge is 0.207 e. The van der Waals surface area contributed by atoms with Gasteiger partial charge in [0.2, 0.25) is 0 Å². The average Bonchev–Trinajstić information content (AvgIpc) is 2.34. The second-order valence-corrected chi connectivity index (χ2v) is 5.17. The summed E-state index contributed by atoms with van der Waals surface area (Å²) in [7, 11) is 0. The molecule has 1 unspecified atom stereocenters. The maximum Gasteiger partial charge on any atom is 0.407 e. The highest BCUT2D eigenvalue weighted by atomic mass is 19.4. The van der Waals surface area contributed by atoms with Crippen LogP contribution in [0.15, 0.2) is 18.2 Å². The van der Waals surface area contributed by atoms with E-state index in [1.807, 2.05) is 0 Å². The second kappa shape index (κ2) is 5.50. The van der Waals surface area contributed by atoms with Crippen molar-refractivity contribution >= 4 is 0 Å². The number of benzene rings is 1. The van der Waals surface area contributed by atoms with Crippen LogP contribution in [0.1, 0.15) is 44.2 Å². The van der Waals surface area contributed by atoms with Gasteiger partial charge in [0.15, 0.2) is 5.41 Å². The lowest BCUT2D eigenvalue weighted by Crippen LogP contribution is -2.52. The minimum atomic E-state index is -5.65. The van der Waals surface area contributed by atoms with Crippen LogP contribution < -0.4 is 0 Å². The molecule has 0 amide bonds. The highest BCUT2D eigenvalue weighted by Crippen LogP contribution is 2.52. The van der Waals surface area contributed by atoms with Gasteiger partial charge < -0.3 is 0 Å². The molecule has 1 aromatic rings. The molecule has 0 heterocycles. The summed E-state index contributed by atoms with van der Waals surface area (Å²) in [5.41, 5.74) is -5.28. The molecule has 0 aliphatic heterocycles. The van der Waals surface area contributed by atoms with E-state index in [9.17, 15) is 30.7 Å². The number of rotatable bonds is 3. The molecular formula is C14H15F7. The minimum absolute atomic E-state index is 0.0473. The summed E-state index contributed by atoms with van der Waals surface area (Å²) in [4.78, 5) is 0. The van der Waals surface area contributed by atoms with Crippen LogP contribution in [-0.4, -0.2) is 12.4 Å². The Morgan fingerprint density at radius 1 is 1.00 bits per heavy atom. The third kappa shape index (κ3) is 3.01. The van der Waals surface area contributed by atoms with Crippen LogP contribution in [0.4, 0.5) is 30.7 Å². The van der Waals surface area contributed by atoms with E-state index in [-0.39, 0.29) is 12.8 Å². The van der Waals surface area contributed by atoms with Crippen molar-refractivity contribution in [2.24, 2.45) is 0 Å². The predicted molar refractivity (Wildman–Crippen MR) is 64.6 cm³/mol. The van der Waals surface area contributed by atoms with E-state index in [0.29, 0.717) is 18.1 Å². The van der Waals surface area contributed by atoms with E-state index in [1.165, 1.54) is 0 Å². The quantitative estimate of drug-likeness (QED) is 0.625. The van der Waals surface area contributed by atoms with Crippen LogP contribution >= 0.6 is 0 Å². The van der Waals surface area contributed by atoms with Crippen molar-refractivity contribution in [1.82, 2.24) is 0 Å². The molecule has 120 valence electrons. The molecule has 0 radical (unpaired) electrons. The van der Waals surface area contributed by atoms with Crippen molar-refractivity contribution in [3.8, 4) is 0 Å². The Balaban J connectivity index is 3.49. The van der Waals surface area contributed by atoms with Crippen molar-refractivity contribution in [3.05, 3.63) is 35.1 Å². The van der Waals surface area contributed by atoms with Crippen molar-refractivity contribution in [1.29, 1.82) is 0 Å². The van der Waals surface area contributed by atoms with Crippen LogP contribution in [0.25, 0.3) is 0 Å². The summed E-state index contributed by atoms with van der Waals surface area (Å²) in [6.07, 6.45) is -10.7. The average molecular weight is 316 g/mol. The monoisotopic (exact) mass is 316 g/mol. The number of hydrogen-bond donors (Lipinski definition) is 0. The summed E-state index contributed by atoms with van der Waals surface area (Å²) < 4.78 is 91.3. The summed E-state index contributed by atoms with van der Waals surface area (Å²) in [6.45, 7) is 3.45. The highest BCUT2D eigenvalue weighted by molar-refractivity contribution is 5.34. The fourth-order valence-electron chi connectivity index (χ4n) is 1.95. The molecular weight excluding hydrogens is 301 g/mol. The zero-order valence-electron chi connectivity index (χ0n) is 11.7. The van der Waals surface area contributed by atoms with Crippen LogP contribution in [-0.2, 0) is 5.41 Å². The number of alkyl halides is 6. The molecule has 1 aromatic carbocycles. The minimum Gasteiger partial charge on any atom is -0.207 e. The third-order valence-corrected chi connectivity index (χ3v) is 3.85. The lowest BCUT2D eigenvalue weighted by Gasteiger charge is -2.34. The van der Waals surface area contributed by atoms with Crippen LogP contribution in [0.5, 0.6) is 0 Å². The molecule has 0 bridgehead atoms. The maximum atomic E-state index is 13.9. The first-order valence-electron chi connectivity index (χ1n) is 6.29. The lowest BCUT2D eigenvalue weighted by atomic mass is 9.79. The molecule has 1 atom stereocenters. The van der Waals surface area contributed by atoms with Gasteiger partial charge in [-0.2, -0.15) is 26.3 Å². The summed E-state index contributed by atoms with van der Waals surface area (Å²) >= 11 is 0. The van der Waals surface area contributed by atoms with Gasteiger partial charge >= 0.3 is 12.4 Å². The molecule has 0 spiro atoms. The molecule has 7 heteroatoms. The van der Waals surface area contributed by atoms with Gasteiger partial charge in [-0.1, -0.05) is 26.0 Å². The van der Waals surface area contributed by atoms with Gasteiger partial charge in [-0.05, 0) is 30.9 Å². The standard InChI is InChI=1S/C14H15F7/c1-4-8(2)9-5-6-10(11(15)7-9)12(3,13(16,17)18)14(19,20)21/h5-8H,4H2,1-3H3.